The van der Waals surface area contributed by atoms with Crippen molar-refractivity contribution in [2.75, 3.05) is 18.8 Å². The molecule has 0 atom stereocenters. The Morgan fingerprint density at radius 3 is 2.39 bits per heavy atom. The van der Waals surface area contributed by atoms with Crippen LogP contribution in [-0.2, 0) is 4.74 Å². The number of nitrogen functional groups attached to an aromatic ring is 1. The lowest BCUT2D eigenvalue weighted by Crippen LogP contribution is -2.39. The van der Waals surface area contributed by atoms with Crippen LogP contribution in [0.25, 0.3) is 22.5 Å². The van der Waals surface area contributed by atoms with E-state index >= 15 is 0 Å². The molecular formula is C28H29N5O3. The maximum absolute atomic E-state index is 12.5. The highest BCUT2D eigenvalue weighted by molar-refractivity contribution is 5.82. The van der Waals surface area contributed by atoms with Crippen LogP contribution in [0.3, 0.4) is 0 Å². The standard InChI is InChI=1S/C28H29N5O3/c1-28(2,3)36-27(34)32-17-14-19(15-18-32)24-23-13-16-30-26(29)33(23)25(31-24)20-9-11-22(12-10-20)35-21-7-5-4-6-8-21/h4-14,16H,15,17-18H2,1-3H3,(H2,29,30). The van der Waals surface area contributed by atoms with Gasteiger partial charge in [-0.05, 0) is 75.2 Å². The Labute approximate surface area is 210 Å². The SMILES string of the molecule is CC(C)(C)OC(=O)N1CC=C(c2nc(-c3ccc(Oc4ccccc4)cc3)n3c(N)nccc23)CC1. The number of fused-ring (bicyclic) bond motifs is 1. The predicted octanol–water partition coefficient (Wildman–Crippen LogP) is 5.80. The van der Waals surface area contributed by atoms with Gasteiger partial charge in [0.05, 0.1) is 11.2 Å². The van der Waals surface area contributed by atoms with Gasteiger partial charge in [-0.25, -0.2) is 14.8 Å². The molecule has 0 bridgehead atoms. The van der Waals surface area contributed by atoms with Gasteiger partial charge in [-0.15, -0.1) is 0 Å². The van der Waals surface area contributed by atoms with Crippen LogP contribution in [0.4, 0.5) is 10.7 Å². The third-order valence-electron chi connectivity index (χ3n) is 5.84. The van der Waals surface area contributed by atoms with Crippen LogP contribution >= 0.6 is 0 Å². The first-order valence-corrected chi connectivity index (χ1v) is 11.9. The van der Waals surface area contributed by atoms with Crippen molar-refractivity contribution in [1.29, 1.82) is 0 Å². The van der Waals surface area contributed by atoms with E-state index in [1.165, 1.54) is 0 Å². The van der Waals surface area contributed by atoms with Gasteiger partial charge in [0.25, 0.3) is 0 Å². The van der Waals surface area contributed by atoms with E-state index in [9.17, 15) is 4.79 Å². The second-order valence-corrected chi connectivity index (χ2v) is 9.65. The molecule has 0 saturated carbocycles. The topological polar surface area (TPSA) is 95.0 Å². The van der Waals surface area contributed by atoms with E-state index < -0.39 is 5.60 Å². The summed E-state index contributed by atoms with van der Waals surface area (Å²) in [6.07, 6.45) is 4.08. The second-order valence-electron chi connectivity index (χ2n) is 9.65. The highest BCUT2D eigenvalue weighted by atomic mass is 16.6. The highest BCUT2D eigenvalue weighted by Gasteiger charge is 2.26. The van der Waals surface area contributed by atoms with E-state index in [-0.39, 0.29) is 6.09 Å². The van der Waals surface area contributed by atoms with Crippen LogP contribution in [-0.4, -0.2) is 44.1 Å². The number of imidazole rings is 1. The summed E-state index contributed by atoms with van der Waals surface area (Å²) >= 11 is 0. The van der Waals surface area contributed by atoms with Crippen molar-refractivity contribution in [3.8, 4) is 22.9 Å². The Kier molecular flexibility index (Phi) is 6.10. The lowest BCUT2D eigenvalue weighted by atomic mass is 10.0. The van der Waals surface area contributed by atoms with Crippen LogP contribution in [0.2, 0.25) is 0 Å². The molecule has 1 amide bonds. The van der Waals surface area contributed by atoms with E-state index in [1.807, 2.05) is 91.9 Å². The van der Waals surface area contributed by atoms with E-state index in [1.54, 1.807) is 11.1 Å². The molecule has 8 heteroatoms. The number of anilines is 1. The fraction of sp³-hybridized carbons (Fsp3) is 0.250. The molecule has 5 rings (SSSR count). The molecular weight excluding hydrogens is 454 g/mol. The number of benzene rings is 2. The number of hydrogen-bond acceptors (Lipinski definition) is 6. The first kappa shape index (κ1) is 23.4. The molecule has 0 fully saturated rings. The minimum absolute atomic E-state index is 0.306. The van der Waals surface area contributed by atoms with Crippen molar-refractivity contribution >= 4 is 23.1 Å². The van der Waals surface area contributed by atoms with Crippen molar-refractivity contribution in [1.82, 2.24) is 19.3 Å². The van der Waals surface area contributed by atoms with Gasteiger partial charge in [0, 0.05) is 24.8 Å². The summed E-state index contributed by atoms with van der Waals surface area (Å²) in [5.41, 5.74) is 9.43. The lowest BCUT2D eigenvalue weighted by Gasteiger charge is -2.29. The zero-order valence-corrected chi connectivity index (χ0v) is 20.6. The summed E-state index contributed by atoms with van der Waals surface area (Å²) < 4.78 is 13.3. The Balaban J connectivity index is 1.44. The smallest absolute Gasteiger partial charge is 0.410 e. The van der Waals surface area contributed by atoms with Crippen LogP contribution in [0, 0.1) is 0 Å². The Morgan fingerprint density at radius 2 is 1.72 bits per heavy atom. The number of carbonyl (C=O) groups excluding carboxylic acids is 1. The maximum Gasteiger partial charge on any atom is 0.410 e. The third-order valence-corrected chi connectivity index (χ3v) is 5.84. The fourth-order valence-electron chi connectivity index (χ4n) is 4.16. The summed E-state index contributed by atoms with van der Waals surface area (Å²) in [5.74, 6) is 2.57. The van der Waals surface area contributed by atoms with E-state index in [0.29, 0.717) is 31.3 Å². The Hall–Kier alpha value is -4.33. The number of nitrogens with zero attached hydrogens (tertiary/aromatic N) is 4. The molecule has 2 aromatic carbocycles. The van der Waals surface area contributed by atoms with Gasteiger partial charge in [0.15, 0.2) is 0 Å². The highest BCUT2D eigenvalue weighted by Crippen LogP contribution is 2.32. The van der Waals surface area contributed by atoms with Gasteiger partial charge in [0.1, 0.15) is 22.9 Å². The van der Waals surface area contributed by atoms with Crippen molar-refractivity contribution in [3.63, 3.8) is 0 Å². The summed E-state index contributed by atoms with van der Waals surface area (Å²) in [6, 6.07) is 19.3. The number of carbonyl (C=O) groups is 1. The normalized spacial score (nSPS) is 14.0. The first-order chi connectivity index (χ1) is 17.3. The minimum atomic E-state index is -0.526. The average Bonchev–Trinajstić information content (AvgIpc) is 3.25. The average molecular weight is 484 g/mol. The molecule has 2 aromatic heterocycles. The third kappa shape index (κ3) is 4.88. The zero-order chi connectivity index (χ0) is 25.3. The number of aromatic nitrogens is 3. The molecule has 0 spiro atoms. The monoisotopic (exact) mass is 483 g/mol. The van der Waals surface area contributed by atoms with Crippen LogP contribution in [0.15, 0.2) is 72.9 Å². The van der Waals surface area contributed by atoms with Crippen LogP contribution in [0.5, 0.6) is 11.5 Å². The fourth-order valence-corrected chi connectivity index (χ4v) is 4.16. The largest absolute Gasteiger partial charge is 0.457 e. The van der Waals surface area contributed by atoms with Crippen molar-refractivity contribution in [3.05, 3.63) is 78.6 Å². The number of amides is 1. The van der Waals surface area contributed by atoms with Gasteiger partial charge in [-0.1, -0.05) is 24.3 Å². The van der Waals surface area contributed by atoms with Crippen molar-refractivity contribution in [2.24, 2.45) is 0 Å². The molecule has 184 valence electrons. The molecule has 2 N–H and O–H groups in total. The maximum atomic E-state index is 12.5. The molecule has 4 aromatic rings. The molecule has 1 aliphatic heterocycles. The van der Waals surface area contributed by atoms with Gasteiger partial charge in [-0.2, -0.15) is 0 Å². The summed E-state index contributed by atoms with van der Waals surface area (Å²) in [6.45, 7) is 6.63. The van der Waals surface area contributed by atoms with Crippen LogP contribution < -0.4 is 10.5 Å². The Bertz CT molecular complexity index is 1420. The quantitative estimate of drug-likeness (QED) is 0.394. The summed E-state index contributed by atoms with van der Waals surface area (Å²) in [7, 11) is 0. The molecule has 0 saturated heterocycles. The van der Waals surface area contributed by atoms with E-state index in [2.05, 4.69) is 4.98 Å². The molecule has 0 aliphatic carbocycles. The van der Waals surface area contributed by atoms with E-state index in [0.717, 1.165) is 33.8 Å². The minimum Gasteiger partial charge on any atom is -0.457 e. The molecule has 0 radical (unpaired) electrons. The molecule has 1 aliphatic rings. The summed E-state index contributed by atoms with van der Waals surface area (Å²) in [5, 5.41) is 0. The zero-order valence-electron chi connectivity index (χ0n) is 20.6. The van der Waals surface area contributed by atoms with Crippen molar-refractivity contribution in [2.45, 2.75) is 32.8 Å². The number of nitrogens with two attached hydrogens (primary N) is 1. The Morgan fingerprint density at radius 1 is 1.00 bits per heavy atom. The lowest BCUT2D eigenvalue weighted by molar-refractivity contribution is 0.0270. The summed E-state index contributed by atoms with van der Waals surface area (Å²) in [4.78, 5) is 23.4. The van der Waals surface area contributed by atoms with Gasteiger partial charge >= 0.3 is 6.09 Å². The van der Waals surface area contributed by atoms with E-state index in [4.69, 9.17) is 20.2 Å². The number of ether oxygens (including phenoxy) is 2. The number of hydrogen-bond donors (Lipinski definition) is 1. The first-order valence-electron chi connectivity index (χ1n) is 11.9. The predicted molar refractivity (Wildman–Crippen MR) is 140 cm³/mol. The molecule has 36 heavy (non-hydrogen) atoms. The van der Waals surface area contributed by atoms with Crippen molar-refractivity contribution < 1.29 is 14.3 Å². The number of rotatable bonds is 4. The molecule has 8 nitrogen and oxygen atoms in total. The number of para-hydroxylation sites is 1. The van der Waals surface area contributed by atoms with Gasteiger partial charge in [0.2, 0.25) is 5.95 Å². The second kappa shape index (κ2) is 9.37. The van der Waals surface area contributed by atoms with Gasteiger partial charge < -0.3 is 20.1 Å². The molecule has 0 unspecified atom stereocenters. The van der Waals surface area contributed by atoms with Crippen LogP contribution in [0.1, 0.15) is 32.9 Å². The molecule has 3 heterocycles. The van der Waals surface area contributed by atoms with Gasteiger partial charge in [-0.3, -0.25) is 4.40 Å².